The zero-order chi connectivity index (χ0) is 13.6. The predicted molar refractivity (Wildman–Crippen MR) is 88.0 cm³/mol. The summed E-state index contributed by atoms with van der Waals surface area (Å²) < 4.78 is 27.2. The first-order valence-electron chi connectivity index (χ1n) is 6.08. The fourth-order valence-electron chi connectivity index (χ4n) is 2.08. The first kappa shape index (κ1) is 18.9. The molecule has 0 aromatic heterocycles. The molecule has 1 unspecified atom stereocenters. The maximum atomic E-state index is 11.0. The number of hydrogen-bond donors (Lipinski definition) is 1. The number of ether oxygens (including phenoxy) is 1. The second-order valence-electron chi connectivity index (χ2n) is 4.66. The number of hydrogen-bond acceptors (Lipinski definition) is 4. The van der Waals surface area contributed by atoms with Gasteiger partial charge in [-0.05, 0) is 6.42 Å². The minimum Gasteiger partial charge on any atom is -0.384 e. The van der Waals surface area contributed by atoms with Gasteiger partial charge < -0.3 is 15.0 Å². The van der Waals surface area contributed by atoms with Crippen molar-refractivity contribution in [1.29, 1.82) is 0 Å². The van der Waals surface area contributed by atoms with Crippen LogP contribution in [0.4, 0.5) is 0 Å². The Bertz CT molecular complexity index is 387. The van der Waals surface area contributed by atoms with Gasteiger partial charge in [0, 0.05) is 46.0 Å². The molecule has 0 spiro atoms. The molecule has 0 aliphatic carbocycles. The molecule has 1 N–H and O–H groups in total. The SMILES string of the molecule is CN=C(NCCS(C)(=O)=O)N1CCC(COC)C1.I. The Labute approximate surface area is 132 Å². The number of guanidine groups is 1. The van der Waals surface area contributed by atoms with Crippen LogP contribution in [0.5, 0.6) is 0 Å². The minimum absolute atomic E-state index is 0. The summed E-state index contributed by atoms with van der Waals surface area (Å²) in [5.41, 5.74) is 0. The van der Waals surface area contributed by atoms with Crippen molar-refractivity contribution in [2.24, 2.45) is 10.9 Å². The van der Waals surface area contributed by atoms with Crippen LogP contribution in [0.15, 0.2) is 4.99 Å². The summed E-state index contributed by atoms with van der Waals surface area (Å²) in [6.07, 6.45) is 2.32. The molecule has 1 aliphatic rings. The maximum Gasteiger partial charge on any atom is 0.193 e. The van der Waals surface area contributed by atoms with Crippen molar-refractivity contribution < 1.29 is 13.2 Å². The van der Waals surface area contributed by atoms with Gasteiger partial charge in [-0.15, -0.1) is 24.0 Å². The number of halogens is 1. The highest BCUT2D eigenvalue weighted by atomic mass is 127. The van der Waals surface area contributed by atoms with Gasteiger partial charge in [0.25, 0.3) is 0 Å². The number of sulfone groups is 1. The lowest BCUT2D eigenvalue weighted by Gasteiger charge is -2.21. The average Bonchev–Trinajstić information content (AvgIpc) is 2.72. The van der Waals surface area contributed by atoms with E-state index in [9.17, 15) is 8.42 Å². The van der Waals surface area contributed by atoms with Gasteiger partial charge in [0.15, 0.2) is 5.96 Å². The third-order valence-electron chi connectivity index (χ3n) is 2.96. The number of nitrogens with one attached hydrogen (secondary N) is 1. The predicted octanol–water partition coefficient (Wildman–Crippen LogP) is 0.193. The molecule has 0 amide bonds. The summed E-state index contributed by atoms with van der Waals surface area (Å²) in [4.78, 5) is 6.32. The lowest BCUT2D eigenvalue weighted by atomic mass is 10.1. The molecule has 1 aliphatic heterocycles. The lowest BCUT2D eigenvalue weighted by molar-refractivity contribution is 0.157. The van der Waals surface area contributed by atoms with E-state index < -0.39 is 9.84 Å². The van der Waals surface area contributed by atoms with Crippen molar-refractivity contribution in [1.82, 2.24) is 10.2 Å². The van der Waals surface area contributed by atoms with Crippen molar-refractivity contribution in [2.75, 3.05) is 52.4 Å². The molecule has 1 saturated heterocycles. The molecule has 0 aromatic rings. The van der Waals surface area contributed by atoms with Gasteiger partial charge in [0.2, 0.25) is 0 Å². The molecule has 1 atom stereocenters. The first-order valence-corrected chi connectivity index (χ1v) is 8.14. The van der Waals surface area contributed by atoms with Crippen LogP contribution in [-0.2, 0) is 14.6 Å². The van der Waals surface area contributed by atoms with Gasteiger partial charge in [-0.1, -0.05) is 0 Å². The molecule has 114 valence electrons. The highest BCUT2D eigenvalue weighted by Crippen LogP contribution is 2.16. The van der Waals surface area contributed by atoms with Crippen molar-refractivity contribution >= 4 is 39.8 Å². The van der Waals surface area contributed by atoms with E-state index in [0.29, 0.717) is 12.5 Å². The second kappa shape index (κ2) is 8.96. The molecule has 1 fully saturated rings. The molecule has 0 aromatic carbocycles. The van der Waals surface area contributed by atoms with Crippen LogP contribution in [0.2, 0.25) is 0 Å². The quantitative estimate of drug-likeness (QED) is 0.402. The Balaban J connectivity index is 0.00000324. The second-order valence-corrected chi connectivity index (χ2v) is 6.92. The van der Waals surface area contributed by atoms with Crippen LogP contribution in [0.25, 0.3) is 0 Å². The monoisotopic (exact) mass is 405 g/mol. The fraction of sp³-hybridized carbons (Fsp3) is 0.909. The van der Waals surface area contributed by atoms with Gasteiger partial charge in [-0.25, -0.2) is 8.42 Å². The molecule has 19 heavy (non-hydrogen) atoms. The summed E-state index contributed by atoms with van der Waals surface area (Å²) >= 11 is 0. The number of aliphatic imine (C=N–C) groups is 1. The largest absolute Gasteiger partial charge is 0.384 e. The Morgan fingerprint density at radius 2 is 2.21 bits per heavy atom. The topological polar surface area (TPSA) is 71.0 Å². The van der Waals surface area contributed by atoms with E-state index in [4.69, 9.17) is 4.74 Å². The van der Waals surface area contributed by atoms with Crippen molar-refractivity contribution in [3.8, 4) is 0 Å². The van der Waals surface area contributed by atoms with E-state index in [1.165, 1.54) is 6.26 Å². The normalized spacial score (nSPS) is 20.3. The third-order valence-corrected chi connectivity index (χ3v) is 3.90. The van der Waals surface area contributed by atoms with Gasteiger partial charge >= 0.3 is 0 Å². The highest BCUT2D eigenvalue weighted by Gasteiger charge is 2.24. The van der Waals surface area contributed by atoms with Crippen molar-refractivity contribution in [3.05, 3.63) is 0 Å². The summed E-state index contributed by atoms with van der Waals surface area (Å²) in [5.74, 6) is 1.43. The molecule has 8 heteroatoms. The Hall–Kier alpha value is -0.0900. The first-order chi connectivity index (χ1) is 8.46. The molecule has 1 rings (SSSR count). The number of methoxy groups -OCH3 is 1. The van der Waals surface area contributed by atoms with Crippen LogP contribution in [0.1, 0.15) is 6.42 Å². The standard InChI is InChI=1S/C11H23N3O3S.HI/c1-12-11(13-5-7-18(3,15)16)14-6-4-10(8-14)9-17-2;/h10H,4-9H2,1-3H3,(H,12,13);1H. The van der Waals surface area contributed by atoms with E-state index >= 15 is 0 Å². The van der Waals surface area contributed by atoms with Gasteiger partial charge in [-0.2, -0.15) is 0 Å². The Morgan fingerprint density at radius 3 is 2.74 bits per heavy atom. The lowest BCUT2D eigenvalue weighted by Crippen LogP contribution is -2.42. The third kappa shape index (κ3) is 7.31. The van der Waals surface area contributed by atoms with E-state index in [1.807, 2.05) is 0 Å². The maximum absolute atomic E-state index is 11.0. The van der Waals surface area contributed by atoms with Gasteiger partial charge in [-0.3, -0.25) is 4.99 Å². The van der Waals surface area contributed by atoms with Crippen LogP contribution in [0, 0.1) is 5.92 Å². The number of likely N-dealkylation sites (tertiary alicyclic amines) is 1. The number of nitrogens with zero attached hydrogens (tertiary/aromatic N) is 2. The number of rotatable bonds is 5. The van der Waals surface area contributed by atoms with Crippen molar-refractivity contribution in [3.63, 3.8) is 0 Å². The molecular formula is C11H24IN3O3S. The summed E-state index contributed by atoms with van der Waals surface area (Å²) in [5, 5.41) is 3.09. The van der Waals surface area contributed by atoms with Crippen LogP contribution < -0.4 is 5.32 Å². The zero-order valence-electron chi connectivity index (χ0n) is 11.8. The molecule has 1 heterocycles. The van der Waals surface area contributed by atoms with Gasteiger partial charge in [0.1, 0.15) is 9.84 Å². The Morgan fingerprint density at radius 1 is 1.53 bits per heavy atom. The van der Waals surface area contributed by atoms with E-state index in [-0.39, 0.29) is 29.7 Å². The highest BCUT2D eigenvalue weighted by molar-refractivity contribution is 14.0. The van der Waals surface area contributed by atoms with Crippen LogP contribution in [0.3, 0.4) is 0 Å². The zero-order valence-corrected chi connectivity index (χ0v) is 14.9. The summed E-state index contributed by atoms with van der Waals surface area (Å²) in [6, 6.07) is 0. The molecular weight excluding hydrogens is 381 g/mol. The smallest absolute Gasteiger partial charge is 0.193 e. The molecule has 0 radical (unpaired) electrons. The van der Waals surface area contributed by atoms with E-state index in [2.05, 4.69) is 15.2 Å². The van der Waals surface area contributed by atoms with E-state index in [0.717, 1.165) is 32.1 Å². The fourth-order valence-corrected chi connectivity index (χ4v) is 2.55. The Kier molecular flexibility index (Phi) is 8.92. The molecule has 6 nitrogen and oxygen atoms in total. The molecule has 0 saturated carbocycles. The van der Waals surface area contributed by atoms with Gasteiger partial charge in [0.05, 0.1) is 12.4 Å². The van der Waals surface area contributed by atoms with Crippen LogP contribution in [-0.4, -0.2) is 71.7 Å². The van der Waals surface area contributed by atoms with Crippen molar-refractivity contribution in [2.45, 2.75) is 6.42 Å². The summed E-state index contributed by atoms with van der Waals surface area (Å²) in [7, 11) is 0.498. The van der Waals surface area contributed by atoms with E-state index in [1.54, 1.807) is 14.2 Å². The van der Waals surface area contributed by atoms with Crippen LogP contribution >= 0.6 is 24.0 Å². The average molecular weight is 405 g/mol. The summed E-state index contributed by atoms with van der Waals surface area (Å²) in [6.45, 7) is 3.01. The molecule has 0 bridgehead atoms. The minimum atomic E-state index is -2.93.